The van der Waals surface area contributed by atoms with Crippen molar-refractivity contribution < 1.29 is 19.7 Å². The van der Waals surface area contributed by atoms with Gasteiger partial charge in [-0.2, -0.15) is 4.80 Å². The molecule has 2 aliphatic heterocycles. The Kier molecular flexibility index (Phi) is 6.49. The number of aliphatic hydroxyl groups is 2. The lowest BCUT2D eigenvalue weighted by Gasteiger charge is -2.15. The van der Waals surface area contributed by atoms with Crippen LogP contribution >= 0.6 is 0 Å². The van der Waals surface area contributed by atoms with Crippen molar-refractivity contribution in [3.8, 4) is 0 Å². The number of rotatable bonds is 6. The summed E-state index contributed by atoms with van der Waals surface area (Å²) in [5.74, 6) is 0.256. The maximum Gasteiger partial charge on any atom is 0.330 e. The Hall–Kier alpha value is -3.73. The van der Waals surface area contributed by atoms with E-state index in [4.69, 9.17) is 9.47 Å². The topological polar surface area (TPSA) is 212 Å². The molecule has 4 N–H and O–H groups in total. The highest BCUT2D eigenvalue weighted by Gasteiger charge is 2.40. The van der Waals surface area contributed by atoms with Gasteiger partial charge in [0.25, 0.3) is 11.1 Å². The predicted octanol–water partition coefficient (Wildman–Crippen LogP) is -2.60. The number of hydrogen-bond acceptors (Lipinski definition) is 11. The molecular weight excluding hydrogens is 492 g/mol. The molecule has 0 spiro atoms. The molecule has 0 aliphatic carbocycles. The fourth-order valence-corrected chi connectivity index (χ4v) is 4.62. The quantitative estimate of drug-likeness (QED) is 0.266. The van der Waals surface area contributed by atoms with E-state index in [-0.39, 0.29) is 31.7 Å². The second-order valence-electron chi connectivity index (χ2n) is 9.23. The van der Waals surface area contributed by atoms with Crippen LogP contribution in [0.15, 0.2) is 31.6 Å². The van der Waals surface area contributed by atoms with Crippen LogP contribution in [0.4, 0.5) is 0 Å². The first-order chi connectivity index (χ1) is 17.6. The molecule has 2 aliphatic rings. The second-order valence-corrected chi connectivity index (χ2v) is 9.23. The molecular formula is C21H26N8O8. The first-order valence-electron chi connectivity index (χ1n) is 11.7. The van der Waals surface area contributed by atoms with Gasteiger partial charge < -0.3 is 19.7 Å². The molecule has 198 valence electrons. The van der Waals surface area contributed by atoms with E-state index in [0.29, 0.717) is 11.1 Å². The molecule has 0 aromatic carbocycles. The van der Waals surface area contributed by atoms with Gasteiger partial charge in [0.2, 0.25) is 0 Å². The minimum atomic E-state index is -0.921. The molecule has 0 saturated carbocycles. The lowest BCUT2D eigenvalue weighted by Crippen LogP contribution is -2.33. The monoisotopic (exact) mass is 518 g/mol. The maximum absolute atomic E-state index is 12.3. The first kappa shape index (κ1) is 24.9. The molecule has 6 atom stereocenters. The minimum Gasteiger partial charge on any atom is -0.394 e. The molecule has 3 aromatic rings. The average Bonchev–Trinajstić information content (AvgIpc) is 3.57. The highest BCUT2D eigenvalue weighted by molar-refractivity contribution is 5.03. The van der Waals surface area contributed by atoms with Gasteiger partial charge >= 0.3 is 11.4 Å². The molecule has 16 nitrogen and oxygen atoms in total. The molecule has 16 heteroatoms. The van der Waals surface area contributed by atoms with Crippen molar-refractivity contribution in [2.45, 2.75) is 69.9 Å². The molecule has 0 radical (unpaired) electrons. The van der Waals surface area contributed by atoms with Crippen molar-refractivity contribution in [2.75, 3.05) is 6.61 Å². The lowest BCUT2D eigenvalue weighted by atomic mass is 10.1. The average molecular weight is 518 g/mol. The number of nitrogens with zero attached hydrogens (tertiary/aromatic N) is 6. The summed E-state index contributed by atoms with van der Waals surface area (Å²) in [5.41, 5.74) is -1.58. The van der Waals surface area contributed by atoms with E-state index >= 15 is 0 Å². The number of nitrogens with one attached hydrogen (secondary N) is 2. The van der Waals surface area contributed by atoms with Crippen molar-refractivity contribution in [1.29, 1.82) is 0 Å². The zero-order chi connectivity index (χ0) is 26.4. The van der Waals surface area contributed by atoms with Gasteiger partial charge in [-0.1, -0.05) is 0 Å². The summed E-state index contributed by atoms with van der Waals surface area (Å²) < 4.78 is 14.2. The van der Waals surface area contributed by atoms with Gasteiger partial charge in [-0.3, -0.25) is 28.7 Å². The molecule has 5 rings (SSSR count). The van der Waals surface area contributed by atoms with Gasteiger partial charge in [-0.15, -0.1) is 10.2 Å². The van der Waals surface area contributed by atoms with Crippen molar-refractivity contribution in [2.24, 2.45) is 0 Å². The number of ether oxygens (including phenoxy) is 2. The predicted molar refractivity (Wildman–Crippen MR) is 123 cm³/mol. The Labute approximate surface area is 207 Å². The van der Waals surface area contributed by atoms with Gasteiger partial charge in [-0.25, -0.2) is 9.59 Å². The fourth-order valence-electron chi connectivity index (χ4n) is 4.62. The normalized spacial score (nSPS) is 27.7. The van der Waals surface area contributed by atoms with Crippen LogP contribution in [0.2, 0.25) is 0 Å². The summed E-state index contributed by atoms with van der Waals surface area (Å²) in [6.45, 7) is 2.76. The van der Waals surface area contributed by atoms with Gasteiger partial charge in [0.1, 0.15) is 24.6 Å². The van der Waals surface area contributed by atoms with Crippen LogP contribution in [-0.2, 0) is 15.9 Å². The second kappa shape index (κ2) is 9.62. The molecule has 5 heterocycles. The summed E-state index contributed by atoms with van der Waals surface area (Å²) in [6.07, 6.45) is -0.703. The summed E-state index contributed by atoms with van der Waals surface area (Å²) in [4.78, 5) is 53.5. The van der Waals surface area contributed by atoms with Crippen LogP contribution in [0.3, 0.4) is 0 Å². The Balaban J connectivity index is 1.30. The number of hydrogen-bond donors (Lipinski definition) is 4. The summed E-state index contributed by atoms with van der Waals surface area (Å²) in [5, 5.41) is 32.8. The molecule has 0 bridgehead atoms. The first-order valence-corrected chi connectivity index (χ1v) is 11.7. The Morgan fingerprint density at radius 1 is 0.946 bits per heavy atom. The zero-order valence-corrected chi connectivity index (χ0v) is 20.0. The number of tetrazole rings is 1. The largest absolute Gasteiger partial charge is 0.394 e. The number of H-pyrrole nitrogens is 2. The van der Waals surface area contributed by atoms with Gasteiger partial charge in [0.15, 0.2) is 5.82 Å². The van der Waals surface area contributed by atoms with Crippen molar-refractivity contribution in [3.05, 3.63) is 71.0 Å². The summed E-state index contributed by atoms with van der Waals surface area (Å²) >= 11 is 0. The number of aliphatic hydroxyl groups excluding tert-OH is 2. The van der Waals surface area contributed by atoms with Gasteiger partial charge in [-0.05, 0) is 19.1 Å². The molecule has 0 unspecified atom stereocenters. The lowest BCUT2D eigenvalue weighted by molar-refractivity contribution is -0.0333. The maximum atomic E-state index is 12.3. The van der Waals surface area contributed by atoms with E-state index in [1.807, 2.05) is 0 Å². The third-order valence-corrected chi connectivity index (χ3v) is 6.65. The minimum absolute atomic E-state index is 0.0914. The van der Waals surface area contributed by atoms with Crippen LogP contribution in [-0.4, -0.2) is 74.4 Å². The fraction of sp³-hybridized carbons (Fsp3) is 0.571. The van der Waals surface area contributed by atoms with E-state index in [2.05, 4.69) is 25.4 Å². The molecule has 2 fully saturated rings. The van der Waals surface area contributed by atoms with Gasteiger partial charge in [0, 0.05) is 42.8 Å². The highest BCUT2D eigenvalue weighted by atomic mass is 16.5. The molecule has 37 heavy (non-hydrogen) atoms. The highest BCUT2D eigenvalue weighted by Crippen LogP contribution is 2.35. The van der Waals surface area contributed by atoms with E-state index in [1.54, 1.807) is 13.8 Å². The van der Waals surface area contributed by atoms with Crippen LogP contribution in [0.25, 0.3) is 0 Å². The van der Waals surface area contributed by atoms with E-state index in [1.165, 1.54) is 26.3 Å². The SMILES string of the molecule is Cc1cn([C@H]2C[C@H](O)[C@@H](Cc3nnn([C@H]4C[C@H](n5cc(C)c(=O)[nH]c5=O)O[C@@H]4CO)n3)O2)c(=O)[nH]c1=O. The van der Waals surface area contributed by atoms with Gasteiger partial charge in [0.05, 0.1) is 18.8 Å². The Bertz CT molecular complexity index is 1540. The Morgan fingerprint density at radius 2 is 1.51 bits per heavy atom. The molecule has 3 aromatic heterocycles. The van der Waals surface area contributed by atoms with E-state index < -0.39 is 59.3 Å². The third kappa shape index (κ3) is 4.71. The van der Waals surface area contributed by atoms with Crippen LogP contribution in [0.5, 0.6) is 0 Å². The molecule has 0 amide bonds. The number of aromatic amines is 2. The Morgan fingerprint density at radius 3 is 2.11 bits per heavy atom. The standard InChI is InChI=1S/C21H26N8O8/c1-9-6-27(20(34)22-18(9)32)16-3-11(14(8-30)37-16)29-25-15(24-26-29)5-13-12(31)4-17(36-13)28-7-10(2)19(33)23-21(28)35/h6-7,11-14,16-17,30-31H,3-5,8H2,1-2H3,(H,22,32,34)(H,23,33,35)/t11-,12-,13+,14+,16+,17+/m0/s1. The number of aromatic nitrogens is 8. The summed E-state index contributed by atoms with van der Waals surface area (Å²) in [7, 11) is 0. The van der Waals surface area contributed by atoms with Crippen LogP contribution in [0.1, 0.15) is 48.3 Å². The molecule has 2 saturated heterocycles. The van der Waals surface area contributed by atoms with Crippen molar-refractivity contribution in [3.63, 3.8) is 0 Å². The van der Waals surface area contributed by atoms with E-state index in [0.717, 1.165) is 0 Å². The third-order valence-electron chi connectivity index (χ3n) is 6.65. The van der Waals surface area contributed by atoms with Crippen LogP contribution in [0, 0.1) is 13.8 Å². The van der Waals surface area contributed by atoms with Crippen LogP contribution < -0.4 is 22.5 Å². The zero-order valence-electron chi connectivity index (χ0n) is 20.0. The summed E-state index contributed by atoms with van der Waals surface area (Å²) in [6, 6.07) is -0.555. The smallest absolute Gasteiger partial charge is 0.330 e. The van der Waals surface area contributed by atoms with Crippen molar-refractivity contribution in [1.82, 2.24) is 39.3 Å². The number of aryl methyl sites for hydroxylation is 2. The van der Waals surface area contributed by atoms with Crippen molar-refractivity contribution >= 4 is 0 Å². The van der Waals surface area contributed by atoms with E-state index in [9.17, 15) is 29.4 Å².